The molecule has 0 spiro atoms. The van der Waals surface area contributed by atoms with E-state index in [1.165, 1.54) is 5.56 Å². The van der Waals surface area contributed by atoms with Crippen molar-refractivity contribution < 1.29 is 19.4 Å². The summed E-state index contributed by atoms with van der Waals surface area (Å²) in [7, 11) is 1.57. The molecule has 31 heavy (non-hydrogen) atoms. The number of carboxylic acid groups (broad SMARTS) is 1. The number of carboxylic acids is 1. The summed E-state index contributed by atoms with van der Waals surface area (Å²) in [6.45, 7) is 4.40. The number of benzene rings is 2. The second kappa shape index (κ2) is 11.1. The van der Waals surface area contributed by atoms with E-state index in [0.717, 1.165) is 37.7 Å². The fourth-order valence-corrected chi connectivity index (χ4v) is 3.89. The number of carbonyl (C=O) groups is 2. The van der Waals surface area contributed by atoms with Crippen LogP contribution < -0.4 is 10.1 Å². The Morgan fingerprint density at radius 2 is 1.77 bits per heavy atom. The van der Waals surface area contributed by atoms with Crippen LogP contribution in [0.4, 0.5) is 5.69 Å². The quantitative estimate of drug-likeness (QED) is 0.616. The van der Waals surface area contributed by atoms with Gasteiger partial charge >= 0.3 is 5.97 Å². The van der Waals surface area contributed by atoms with Crippen LogP contribution in [0.5, 0.6) is 5.75 Å². The molecule has 1 heterocycles. The normalized spacial score (nSPS) is 15.9. The molecule has 0 aromatic heterocycles. The van der Waals surface area contributed by atoms with E-state index in [-0.39, 0.29) is 12.3 Å². The average molecular weight is 446 g/mol. The van der Waals surface area contributed by atoms with Gasteiger partial charge in [-0.1, -0.05) is 23.7 Å². The van der Waals surface area contributed by atoms with Gasteiger partial charge in [0.25, 0.3) is 0 Å². The molecule has 2 N–H and O–H groups in total. The van der Waals surface area contributed by atoms with Gasteiger partial charge in [-0.05, 0) is 42.0 Å². The Morgan fingerprint density at radius 1 is 1.10 bits per heavy atom. The number of hydrogen-bond donors (Lipinski definition) is 2. The third kappa shape index (κ3) is 7.24. The molecule has 0 saturated carbocycles. The lowest BCUT2D eigenvalue weighted by atomic mass is 10.0. The van der Waals surface area contributed by atoms with Crippen LogP contribution >= 0.6 is 11.6 Å². The third-order valence-corrected chi connectivity index (χ3v) is 5.63. The first-order valence-electron chi connectivity index (χ1n) is 10.3. The van der Waals surface area contributed by atoms with Crippen LogP contribution in [-0.2, 0) is 16.1 Å². The van der Waals surface area contributed by atoms with Crippen LogP contribution in [0.3, 0.4) is 0 Å². The van der Waals surface area contributed by atoms with Crippen LogP contribution in [0.15, 0.2) is 48.5 Å². The van der Waals surface area contributed by atoms with E-state index in [1.54, 1.807) is 31.4 Å². The molecule has 1 amide bonds. The molecule has 2 aromatic carbocycles. The Morgan fingerprint density at radius 3 is 2.39 bits per heavy atom. The topological polar surface area (TPSA) is 82.1 Å². The number of nitrogens with zero attached hydrogens (tertiary/aromatic N) is 2. The highest BCUT2D eigenvalue weighted by molar-refractivity contribution is 6.30. The van der Waals surface area contributed by atoms with Gasteiger partial charge in [0.15, 0.2) is 0 Å². The van der Waals surface area contributed by atoms with Gasteiger partial charge < -0.3 is 15.2 Å². The maximum atomic E-state index is 12.4. The molecule has 1 saturated heterocycles. The van der Waals surface area contributed by atoms with Crippen molar-refractivity contribution in [3.8, 4) is 5.75 Å². The molecule has 8 heteroatoms. The summed E-state index contributed by atoms with van der Waals surface area (Å²) in [4.78, 5) is 28.5. The summed E-state index contributed by atoms with van der Waals surface area (Å²) in [5.41, 5.74) is 1.78. The molecule has 1 fully saturated rings. The maximum Gasteiger partial charge on any atom is 0.308 e. The monoisotopic (exact) mass is 445 g/mol. The summed E-state index contributed by atoms with van der Waals surface area (Å²) in [6, 6.07) is 14.8. The molecular formula is C23H28ClN3O4. The van der Waals surface area contributed by atoms with E-state index < -0.39 is 11.9 Å². The molecule has 1 atom stereocenters. The highest BCUT2D eigenvalue weighted by Crippen LogP contribution is 2.18. The second-order valence-corrected chi connectivity index (χ2v) is 8.16. The summed E-state index contributed by atoms with van der Waals surface area (Å²) < 4.78 is 5.10. The number of piperazine rings is 1. The first-order chi connectivity index (χ1) is 14.9. The lowest BCUT2D eigenvalue weighted by Gasteiger charge is -2.35. The number of hydrogen-bond acceptors (Lipinski definition) is 5. The predicted octanol–water partition coefficient (Wildman–Crippen LogP) is 3.20. The number of aliphatic carboxylic acids is 1. The minimum Gasteiger partial charge on any atom is -0.497 e. The fourth-order valence-electron chi connectivity index (χ4n) is 3.68. The Bertz CT molecular complexity index is 883. The minimum absolute atomic E-state index is 0.0654. The Labute approximate surface area is 187 Å². The summed E-state index contributed by atoms with van der Waals surface area (Å²) in [6.07, 6.45) is -0.0654. The van der Waals surface area contributed by atoms with Gasteiger partial charge in [0, 0.05) is 56.4 Å². The Balaban J connectivity index is 1.46. The van der Waals surface area contributed by atoms with Crippen molar-refractivity contribution in [1.82, 2.24) is 9.80 Å². The lowest BCUT2D eigenvalue weighted by molar-refractivity contribution is -0.144. The van der Waals surface area contributed by atoms with Crippen LogP contribution in [0.2, 0.25) is 5.02 Å². The van der Waals surface area contributed by atoms with E-state index in [4.69, 9.17) is 16.3 Å². The number of halogens is 1. The molecular weight excluding hydrogens is 418 g/mol. The SMILES string of the molecule is COc1ccc(NC(=O)CC(CN2CCN(Cc3cccc(Cl)c3)CC2)C(=O)O)cc1. The summed E-state index contributed by atoms with van der Waals surface area (Å²) in [5.74, 6) is -1.32. The van der Waals surface area contributed by atoms with Crippen molar-refractivity contribution in [1.29, 1.82) is 0 Å². The molecule has 0 aliphatic carbocycles. The van der Waals surface area contributed by atoms with Gasteiger partial charge in [0.05, 0.1) is 13.0 Å². The minimum atomic E-state index is -0.953. The molecule has 0 radical (unpaired) electrons. The number of carbonyl (C=O) groups excluding carboxylic acids is 1. The van der Waals surface area contributed by atoms with E-state index >= 15 is 0 Å². The molecule has 1 aliphatic rings. The van der Waals surface area contributed by atoms with Crippen molar-refractivity contribution in [3.63, 3.8) is 0 Å². The highest BCUT2D eigenvalue weighted by atomic mass is 35.5. The second-order valence-electron chi connectivity index (χ2n) is 7.72. The van der Waals surface area contributed by atoms with Crippen LogP contribution in [-0.4, -0.2) is 66.6 Å². The molecule has 2 aromatic rings. The van der Waals surface area contributed by atoms with Crippen molar-refractivity contribution >= 4 is 29.2 Å². The maximum absolute atomic E-state index is 12.4. The molecule has 1 aliphatic heterocycles. The van der Waals surface area contributed by atoms with Crippen LogP contribution in [0.1, 0.15) is 12.0 Å². The van der Waals surface area contributed by atoms with Gasteiger partial charge in [0.1, 0.15) is 5.75 Å². The van der Waals surface area contributed by atoms with Gasteiger partial charge in [-0.15, -0.1) is 0 Å². The zero-order chi connectivity index (χ0) is 22.2. The number of methoxy groups -OCH3 is 1. The van der Waals surface area contributed by atoms with Gasteiger partial charge in [0.2, 0.25) is 5.91 Å². The summed E-state index contributed by atoms with van der Waals surface area (Å²) in [5, 5.41) is 13.1. The van der Waals surface area contributed by atoms with Gasteiger partial charge in [-0.2, -0.15) is 0 Å². The number of rotatable bonds is 9. The third-order valence-electron chi connectivity index (χ3n) is 5.39. The van der Waals surface area contributed by atoms with Crippen molar-refractivity contribution in [2.45, 2.75) is 13.0 Å². The Kier molecular flexibility index (Phi) is 8.28. The standard InChI is InChI=1S/C23H28ClN3O4/c1-31-21-7-5-20(6-8-21)25-22(28)14-18(23(29)30)16-27-11-9-26(10-12-27)15-17-3-2-4-19(24)13-17/h2-8,13,18H,9-12,14-16H2,1H3,(H,25,28)(H,29,30). The van der Waals surface area contributed by atoms with Crippen LogP contribution in [0, 0.1) is 5.92 Å². The van der Waals surface area contributed by atoms with E-state index in [9.17, 15) is 14.7 Å². The predicted molar refractivity (Wildman–Crippen MR) is 121 cm³/mol. The first-order valence-corrected chi connectivity index (χ1v) is 10.7. The zero-order valence-electron chi connectivity index (χ0n) is 17.6. The molecule has 166 valence electrons. The number of anilines is 1. The molecule has 0 bridgehead atoms. The Hall–Kier alpha value is -2.61. The van der Waals surface area contributed by atoms with Gasteiger partial charge in [-0.25, -0.2) is 0 Å². The number of nitrogens with one attached hydrogen (secondary N) is 1. The first kappa shape index (κ1) is 23.1. The average Bonchev–Trinajstić information content (AvgIpc) is 2.75. The molecule has 7 nitrogen and oxygen atoms in total. The summed E-state index contributed by atoms with van der Waals surface area (Å²) >= 11 is 6.06. The highest BCUT2D eigenvalue weighted by Gasteiger charge is 2.26. The van der Waals surface area contributed by atoms with E-state index in [0.29, 0.717) is 18.0 Å². The van der Waals surface area contributed by atoms with E-state index in [1.807, 2.05) is 18.2 Å². The van der Waals surface area contributed by atoms with Gasteiger partial charge in [-0.3, -0.25) is 19.4 Å². The lowest BCUT2D eigenvalue weighted by Crippen LogP contribution is -2.48. The molecule has 3 rings (SSSR count). The number of amides is 1. The molecule has 1 unspecified atom stereocenters. The zero-order valence-corrected chi connectivity index (χ0v) is 18.3. The van der Waals surface area contributed by atoms with Crippen molar-refractivity contribution in [3.05, 3.63) is 59.1 Å². The largest absolute Gasteiger partial charge is 0.497 e. The number of ether oxygens (including phenoxy) is 1. The van der Waals surface area contributed by atoms with E-state index in [2.05, 4.69) is 21.2 Å². The van der Waals surface area contributed by atoms with Crippen molar-refractivity contribution in [2.24, 2.45) is 5.92 Å². The fraction of sp³-hybridized carbons (Fsp3) is 0.391. The smallest absolute Gasteiger partial charge is 0.308 e. The van der Waals surface area contributed by atoms with Crippen molar-refractivity contribution in [2.75, 3.05) is 45.2 Å². The van der Waals surface area contributed by atoms with Crippen LogP contribution in [0.25, 0.3) is 0 Å².